The molecule has 0 aliphatic heterocycles. The van der Waals surface area contributed by atoms with Crippen molar-refractivity contribution >= 4 is 29.4 Å². The first kappa shape index (κ1) is 15.5. The number of carboxylic acid groups (broad SMARTS) is 1. The molecule has 4 nitrogen and oxygen atoms in total. The zero-order valence-corrected chi connectivity index (χ0v) is 13.1. The van der Waals surface area contributed by atoms with E-state index in [1.807, 2.05) is 12.1 Å². The van der Waals surface area contributed by atoms with E-state index in [0.29, 0.717) is 26.9 Å². The number of furan rings is 1. The number of halogens is 2. The predicted molar refractivity (Wildman–Crippen MR) is 88.3 cm³/mol. The minimum Gasteiger partial charge on any atom is -0.449 e. The molecule has 2 aromatic carbocycles. The quantitative estimate of drug-likeness (QED) is 0.591. The van der Waals surface area contributed by atoms with Crippen LogP contribution in [0.2, 0.25) is 10.0 Å². The fourth-order valence-corrected chi connectivity index (χ4v) is 2.60. The highest BCUT2D eigenvalue weighted by atomic mass is 35.5. The first-order chi connectivity index (χ1) is 11.0. The van der Waals surface area contributed by atoms with Gasteiger partial charge in [-0.2, -0.15) is 0 Å². The van der Waals surface area contributed by atoms with Crippen LogP contribution in [0.25, 0.3) is 22.5 Å². The van der Waals surface area contributed by atoms with Crippen molar-refractivity contribution < 1.29 is 19.1 Å². The molecule has 116 valence electrons. The van der Waals surface area contributed by atoms with Gasteiger partial charge in [0.05, 0.1) is 0 Å². The fourth-order valence-electron chi connectivity index (χ4n) is 2.22. The number of carbonyl (C=O) groups is 1. The Kier molecular flexibility index (Phi) is 4.28. The fraction of sp³-hybridized carbons (Fsp3) is 0. The summed E-state index contributed by atoms with van der Waals surface area (Å²) in [6, 6.07) is 15.7. The van der Waals surface area contributed by atoms with Gasteiger partial charge in [-0.1, -0.05) is 47.5 Å². The molecular weight excluding hydrogens is 339 g/mol. The van der Waals surface area contributed by atoms with E-state index in [1.54, 1.807) is 36.4 Å². The van der Waals surface area contributed by atoms with Crippen LogP contribution in [0.4, 0.5) is 4.79 Å². The normalized spacial score (nSPS) is 10.5. The summed E-state index contributed by atoms with van der Waals surface area (Å²) < 4.78 is 10.2. The smallest absolute Gasteiger partial charge is 0.449 e. The second-order valence-electron chi connectivity index (χ2n) is 4.70. The van der Waals surface area contributed by atoms with Crippen molar-refractivity contribution in [2.75, 3.05) is 0 Å². The van der Waals surface area contributed by atoms with E-state index in [9.17, 15) is 4.79 Å². The first-order valence-electron chi connectivity index (χ1n) is 6.59. The molecule has 1 heterocycles. The first-order valence-corrected chi connectivity index (χ1v) is 7.35. The second-order valence-corrected chi connectivity index (χ2v) is 5.57. The predicted octanol–water partition coefficient (Wildman–Crippen LogP) is 5.98. The van der Waals surface area contributed by atoms with Crippen LogP contribution < -0.4 is 4.74 Å². The molecule has 3 aromatic rings. The lowest BCUT2D eigenvalue weighted by Gasteiger charge is -2.04. The molecule has 6 heteroatoms. The Morgan fingerprint density at radius 3 is 2.17 bits per heavy atom. The summed E-state index contributed by atoms with van der Waals surface area (Å²) in [7, 11) is 0. The van der Waals surface area contributed by atoms with Gasteiger partial charge in [0, 0.05) is 27.2 Å². The molecule has 0 bridgehead atoms. The van der Waals surface area contributed by atoms with Crippen molar-refractivity contribution in [2.45, 2.75) is 0 Å². The average molecular weight is 349 g/mol. The van der Waals surface area contributed by atoms with E-state index in [0.717, 1.165) is 5.56 Å². The molecule has 0 radical (unpaired) electrons. The van der Waals surface area contributed by atoms with Gasteiger partial charge in [0.15, 0.2) is 0 Å². The zero-order chi connectivity index (χ0) is 16.4. The summed E-state index contributed by atoms with van der Waals surface area (Å²) in [4.78, 5) is 10.7. The second kappa shape index (κ2) is 6.36. The lowest BCUT2D eigenvalue weighted by atomic mass is 10.0. The summed E-state index contributed by atoms with van der Waals surface area (Å²) in [5.74, 6) is 0.327. The summed E-state index contributed by atoms with van der Waals surface area (Å²) in [5.41, 5.74) is 2.13. The standard InChI is InChI=1S/C17H10Cl2O4/c18-12-5-1-3-10(7-12)14-9-15(23-17(20)21)22-16(14)11-4-2-6-13(19)8-11/h1-9H,(H,20,21). The van der Waals surface area contributed by atoms with Gasteiger partial charge < -0.3 is 14.3 Å². The van der Waals surface area contributed by atoms with E-state index in [1.165, 1.54) is 6.07 Å². The molecule has 0 saturated carbocycles. The van der Waals surface area contributed by atoms with Crippen molar-refractivity contribution in [3.05, 3.63) is 64.6 Å². The third-order valence-electron chi connectivity index (χ3n) is 3.12. The van der Waals surface area contributed by atoms with Gasteiger partial charge in [-0.15, -0.1) is 0 Å². The molecule has 0 spiro atoms. The van der Waals surface area contributed by atoms with Gasteiger partial charge in [-0.3, -0.25) is 0 Å². The van der Waals surface area contributed by atoms with Crippen molar-refractivity contribution in [3.8, 4) is 28.4 Å². The SMILES string of the molecule is O=C(O)Oc1cc(-c2cccc(Cl)c2)c(-c2cccc(Cl)c2)o1. The third-order valence-corrected chi connectivity index (χ3v) is 3.59. The minimum absolute atomic E-state index is 0.123. The van der Waals surface area contributed by atoms with Crippen molar-refractivity contribution in [1.82, 2.24) is 0 Å². The summed E-state index contributed by atoms with van der Waals surface area (Å²) in [6.07, 6.45) is -1.45. The van der Waals surface area contributed by atoms with Crippen LogP contribution in [0.5, 0.6) is 5.95 Å². The van der Waals surface area contributed by atoms with Crippen molar-refractivity contribution in [2.24, 2.45) is 0 Å². The highest BCUT2D eigenvalue weighted by Crippen LogP contribution is 2.39. The molecule has 0 unspecified atom stereocenters. The molecule has 0 amide bonds. The Balaban J connectivity index is 2.16. The Morgan fingerprint density at radius 1 is 0.957 bits per heavy atom. The number of rotatable bonds is 3. The highest BCUT2D eigenvalue weighted by Gasteiger charge is 2.18. The van der Waals surface area contributed by atoms with Gasteiger partial charge >= 0.3 is 6.16 Å². The van der Waals surface area contributed by atoms with E-state index in [4.69, 9.17) is 32.7 Å². The lowest BCUT2D eigenvalue weighted by Crippen LogP contribution is -2.01. The maximum absolute atomic E-state index is 10.7. The average Bonchev–Trinajstić information content (AvgIpc) is 2.90. The van der Waals surface area contributed by atoms with Gasteiger partial charge in [0.2, 0.25) is 0 Å². The Labute approximate surface area is 141 Å². The zero-order valence-electron chi connectivity index (χ0n) is 11.6. The van der Waals surface area contributed by atoms with Gasteiger partial charge in [-0.05, 0) is 29.8 Å². The molecule has 0 saturated heterocycles. The van der Waals surface area contributed by atoms with Crippen molar-refractivity contribution in [1.29, 1.82) is 0 Å². The minimum atomic E-state index is -1.45. The summed E-state index contributed by atoms with van der Waals surface area (Å²) >= 11 is 12.1. The van der Waals surface area contributed by atoms with Crippen LogP contribution in [-0.4, -0.2) is 11.3 Å². The molecule has 23 heavy (non-hydrogen) atoms. The van der Waals surface area contributed by atoms with E-state index in [-0.39, 0.29) is 5.95 Å². The number of hydrogen-bond donors (Lipinski definition) is 1. The van der Waals surface area contributed by atoms with Gasteiger partial charge in [-0.25, -0.2) is 4.79 Å². The van der Waals surface area contributed by atoms with Crippen LogP contribution in [0.3, 0.4) is 0 Å². The number of ether oxygens (including phenoxy) is 1. The molecular formula is C17H10Cl2O4. The summed E-state index contributed by atoms with van der Waals surface area (Å²) in [5, 5.41) is 9.87. The van der Waals surface area contributed by atoms with Crippen LogP contribution in [-0.2, 0) is 0 Å². The van der Waals surface area contributed by atoms with E-state index >= 15 is 0 Å². The molecule has 0 aliphatic rings. The Morgan fingerprint density at radius 2 is 1.57 bits per heavy atom. The maximum atomic E-state index is 10.7. The van der Waals surface area contributed by atoms with Crippen LogP contribution in [0.15, 0.2) is 59.0 Å². The molecule has 3 rings (SSSR count). The van der Waals surface area contributed by atoms with E-state index < -0.39 is 6.16 Å². The van der Waals surface area contributed by atoms with E-state index in [2.05, 4.69) is 4.74 Å². The van der Waals surface area contributed by atoms with Crippen LogP contribution in [0, 0.1) is 0 Å². The van der Waals surface area contributed by atoms with Crippen LogP contribution >= 0.6 is 23.2 Å². The Hall–Kier alpha value is -2.43. The Bertz CT molecular complexity index is 808. The largest absolute Gasteiger partial charge is 0.513 e. The molecule has 0 fully saturated rings. The number of benzene rings is 2. The number of hydrogen-bond acceptors (Lipinski definition) is 3. The molecule has 0 atom stereocenters. The highest BCUT2D eigenvalue weighted by molar-refractivity contribution is 6.31. The van der Waals surface area contributed by atoms with Gasteiger partial charge in [0.1, 0.15) is 5.76 Å². The monoisotopic (exact) mass is 348 g/mol. The third kappa shape index (κ3) is 3.50. The van der Waals surface area contributed by atoms with Gasteiger partial charge in [0.25, 0.3) is 5.95 Å². The lowest BCUT2D eigenvalue weighted by molar-refractivity contribution is 0.133. The topological polar surface area (TPSA) is 59.7 Å². The molecule has 1 N–H and O–H groups in total. The molecule has 1 aromatic heterocycles. The molecule has 0 aliphatic carbocycles. The maximum Gasteiger partial charge on any atom is 0.513 e. The summed E-state index contributed by atoms with van der Waals surface area (Å²) in [6.45, 7) is 0. The van der Waals surface area contributed by atoms with Crippen molar-refractivity contribution in [3.63, 3.8) is 0 Å². The van der Waals surface area contributed by atoms with Crippen LogP contribution in [0.1, 0.15) is 0 Å².